The third kappa shape index (κ3) is 5.18. The molecule has 8 nitrogen and oxygen atoms in total. The number of hydrogen-bond acceptors (Lipinski definition) is 7. The van der Waals surface area contributed by atoms with Gasteiger partial charge in [-0.1, -0.05) is 49.9 Å². The number of anilines is 2. The number of ether oxygens (including phenoxy) is 1. The molecule has 2 aromatic rings. The van der Waals surface area contributed by atoms with Crippen molar-refractivity contribution in [3.63, 3.8) is 0 Å². The summed E-state index contributed by atoms with van der Waals surface area (Å²) in [5.41, 5.74) is 3.47. The number of aromatic nitrogens is 2. The first-order valence-electron chi connectivity index (χ1n) is 12.8. The zero-order chi connectivity index (χ0) is 23.3. The second kappa shape index (κ2) is 10.7. The summed E-state index contributed by atoms with van der Waals surface area (Å²) in [7, 11) is 0. The van der Waals surface area contributed by atoms with Crippen molar-refractivity contribution in [2.75, 3.05) is 42.9 Å². The summed E-state index contributed by atoms with van der Waals surface area (Å²) in [6.45, 7) is 7.32. The highest BCUT2D eigenvalue weighted by atomic mass is 16.6. The second-order valence-electron chi connectivity index (χ2n) is 9.64. The summed E-state index contributed by atoms with van der Waals surface area (Å²) < 4.78 is 5.36. The Morgan fingerprint density at radius 1 is 0.971 bits per heavy atom. The number of hydrogen-bond donors (Lipinski definition) is 2. The first-order valence-corrected chi connectivity index (χ1v) is 12.8. The van der Waals surface area contributed by atoms with Crippen LogP contribution in [-0.2, 0) is 11.3 Å². The van der Waals surface area contributed by atoms with Crippen molar-refractivity contribution in [2.24, 2.45) is 0 Å². The summed E-state index contributed by atoms with van der Waals surface area (Å²) in [6, 6.07) is 9.58. The van der Waals surface area contributed by atoms with Crippen LogP contribution in [0.5, 0.6) is 0 Å². The number of carbonyl (C=O) groups is 1. The lowest BCUT2D eigenvalue weighted by Crippen LogP contribution is -2.45. The van der Waals surface area contributed by atoms with Gasteiger partial charge in [-0.05, 0) is 30.9 Å². The van der Waals surface area contributed by atoms with Gasteiger partial charge in [-0.2, -0.15) is 4.98 Å². The predicted molar refractivity (Wildman–Crippen MR) is 133 cm³/mol. The summed E-state index contributed by atoms with van der Waals surface area (Å²) >= 11 is 0. The molecule has 5 heterocycles. The van der Waals surface area contributed by atoms with Crippen LogP contribution in [-0.4, -0.2) is 53.7 Å². The minimum Gasteiger partial charge on any atom is -0.444 e. The molecule has 2 N–H and O–H groups in total. The highest BCUT2D eigenvalue weighted by Crippen LogP contribution is 2.30. The van der Waals surface area contributed by atoms with Gasteiger partial charge in [0, 0.05) is 45.0 Å². The zero-order valence-corrected chi connectivity index (χ0v) is 20.1. The van der Waals surface area contributed by atoms with E-state index in [0.717, 1.165) is 44.6 Å². The van der Waals surface area contributed by atoms with E-state index in [2.05, 4.69) is 51.7 Å². The van der Waals surface area contributed by atoms with Gasteiger partial charge < -0.3 is 15.4 Å². The van der Waals surface area contributed by atoms with Crippen molar-refractivity contribution in [3.05, 3.63) is 47.2 Å². The van der Waals surface area contributed by atoms with E-state index >= 15 is 0 Å². The number of fused-ring (bicyclic) bond motifs is 10. The zero-order valence-electron chi connectivity index (χ0n) is 20.1. The van der Waals surface area contributed by atoms with E-state index in [0.29, 0.717) is 24.4 Å². The van der Waals surface area contributed by atoms with E-state index in [1.807, 2.05) is 0 Å². The maximum absolute atomic E-state index is 12.5. The number of nitrogens with zero attached hydrogens (tertiary/aromatic N) is 4. The smallest absolute Gasteiger partial charge is 0.415 e. The SMILES string of the molecule is C[C@@H]1Nc2ncc3c(n2)N(CCCCCCCC(N2CCNCC2)c2ccc1cc2)C(=O)OC3. The molecule has 34 heavy (non-hydrogen) atoms. The highest BCUT2D eigenvalue weighted by molar-refractivity contribution is 5.89. The van der Waals surface area contributed by atoms with Gasteiger partial charge in [0.2, 0.25) is 5.95 Å². The van der Waals surface area contributed by atoms with Crippen LogP contribution < -0.4 is 15.5 Å². The number of benzene rings is 1. The van der Waals surface area contributed by atoms with Crippen LogP contribution in [0.1, 0.15) is 74.2 Å². The fraction of sp³-hybridized carbons (Fsp3) is 0.577. The molecule has 1 amide bonds. The first kappa shape index (κ1) is 23.1. The fourth-order valence-electron chi connectivity index (χ4n) is 5.28. The van der Waals surface area contributed by atoms with E-state index < -0.39 is 0 Å². The quantitative estimate of drug-likeness (QED) is 0.647. The molecular weight excluding hydrogens is 428 g/mol. The monoisotopic (exact) mass is 464 g/mol. The summed E-state index contributed by atoms with van der Waals surface area (Å²) in [5, 5.41) is 6.91. The van der Waals surface area contributed by atoms with Gasteiger partial charge in [-0.3, -0.25) is 9.80 Å². The Hall–Kier alpha value is -2.71. The van der Waals surface area contributed by atoms with Crippen molar-refractivity contribution in [2.45, 2.75) is 64.1 Å². The van der Waals surface area contributed by atoms with Crippen LogP contribution in [0.4, 0.5) is 16.6 Å². The van der Waals surface area contributed by atoms with E-state index in [1.54, 1.807) is 11.1 Å². The van der Waals surface area contributed by atoms with Crippen LogP contribution in [0, 0.1) is 0 Å². The number of carbonyl (C=O) groups excluding carboxylic acids is 1. The third-order valence-corrected chi connectivity index (χ3v) is 7.29. The molecule has 4 bridgehead atoms. The van der Waals surface area contributed by atoms with Gasteiger partial charge >= 0.3 is 6.09 Å². The van der Waals surface area contributed by atoms with Crippen molar-refractivity contribution >= 4 is 17.9 Å². The van der Waals surface area contributed by atoms with E-state index in [1.165, 1.54) is 36.8 Å². The third-order valence-electron chi connectivity index (χ3n) is 7.29. The fourth-order valence-corrected chi connectivity index (χ4v) is 5.28. The minimum atomic E-state index is -0.311. The van der Waals surface area contributed by atoms with Crippen molar-refractivity contribution in [3.8, 4) is 0 Å². The Balaban J connectivity index is 1.40. The molecule has 2 atom stereocenters. The van der Waals surface area contributed by atoms with Gasteiger partial charge in [-0.25, -0.2) is 9.78 Å². The van der Waals surface area contributed by atoms with Crippen LogP contribution in [0.2, 0.25) is 0 Å². The molecule has 8 heteroatoms. The van der Waals surface area contributed by atoms with Crippen LogP contribution in [0.3, 0.4) is 0 Å². The van der Waals surface area contributed by atoms with E-state index in [4.69, 9.17) is 9.72 Å². The molecule has 0 radical (unpaired) electrons. The minimum absolute atomic E-state index is 0.0487. The molecule has 1 saturated heterocycles. The maximum Gasteiger partial charge on any atom is 0.415 e. The first-order chi connectivity index (χ1) is 16.7. The van der Waals surface area contributed by atoms with Gasteiger partial charge in [0.15, 0.2) is 0 Å². The number of nitrogens with one attached hydrogen (secondary N) is 2. The molecule has 1 unspecified atom stereocenters. The lowest BCUT2D eigenvalue weighted by Gasteiger charge is -2.35. The topological polar surface area (TPSA) is 82.6 Å². The number of piperazine rings is 1. The Morgan fingerprint density at radius 3 is 2.53 bits per heavy atom. The van der Waals surface area contributed by atoms with Gasteiger partial charge in [0.05, 0.1) is 11.6 Å². The summed E-state index contributed by atoms with van der Waals surface area (Å²) in [5.74, 6) is 1.21. The van der Waals surface area contributed by atoms with E-state index in [9.17, 15) is 4.79 Å². The molecule has 0 aliphatic carbocycles. The molecule has 1 aromatic heterocycles. The molecule has 1 aromatic carbocycles. The molecule has 1 fully saturated rings. The number of amides is 1. The van der Waals surface area contributed by atoms with Crippen molar-refractivity contribution in [1.82, 2.24) is 20.2 Å². The highest BCUT2D eigenvalue weighted by Gasteiger charge is 2.28. The lowest BCUT2D eigenvalue weighted by molar-refractivity contribution is 0.141. The van der Waals surface area contributed by atoms with Crippen LogP contribution >= 0.6 is 0 Å². The molecule has 0 spiro atoms. The summed E-state index contributed by atoms with van der Waals surface area (Å²) in [4.78, 5) is 26.0. The maximum atomic E-state index is 12.5. The van der Waals surface area contributed by atoms with Gasteiger partial charge in [0.1, 0.15) is 12.4 Å². The second-order valence-corrected chi connectivity index (χ2v) is 9.64. The van der Waals surface area contributed by atoms with Crippen molar-refractivity contribution in [1.29, 1.82) is 0 Å². The van der Waals surface area contributed by atoms with Crippen LogP contribution in [0.15, 0.2) is 30.5 Å². The lowest BCUT2D eigenvalue weighted by atomic mass is 9.95. The summed E-state index contributed by atoms with van der Waals surface area (Å²) in [6.07, 6.45) is 8.31. The molecule has 0 saturated carbocycles. The Labute approximate surface area is 202 Å². The average Bonchev–Trinajstić information content (AvgIpc) is 2.87. The molecule has 6 rings (SSSR count). The number of rotatable bonds is 1. The van der Waals surface area contributed by atoms with Crippen LogP contribution in [0.25, 0.3) is 0 Å². The Bertz CT molecular complexity index is 976. The van der Waals surface area contributed by atoms with Crippen molar-refractivity contribution < 1.29 is 9.53 Å². The standard InChI is InChI=1S/C26H36N6O2/c1-19-20-8-10-21(11-9-20)23(31-15-12-27-13-16-31)7-5-3-2-4-6-14-32-24-22(18-34-26(32)33)17-28-25(29-19)30-24/h8-11,17,19,23,27H,2-7,12-16,18H2,1H3,(H,28,29,30)/t19-,23?/m0/s1. The number of cyclic esters (lactones) is 1. The largest absolute Gasteiger partial charge is 0.444 e. The molecule has 4 aliphatic rings. The average molecular weight is 465 g/mol. The predicted octanol–water partition coefficient (Wildman–Crippen LogP) is 4.41. The molecule has 4 aliphatic heterocycles. The Kier molecular flexibility index (Phi) is 7.25. The van der Waals surface area contributed by atoms with Gasteiger partial charge in [-0.15, -0.1) is 0 Å². The van der Waals surface area contributed by atoms with E-state index in [-0.39, 0.29) is 18.7 Å². The Morgan fingerprint density at radius 2 is 1.71 bits per heavy atom. The molecular formula is C26H36N6O2. The van der Waals surface area contributed by atoms with Gasteiger partial charge in [0.25, 0.3) is 0 Å². The normalized spacial score (nSPS) is 24.6. The molecule has 182 valence electrons.